The van der Waals surface area contributed by atoms with Gasteiger partial charge >= 0.3 is 0 Å². The Bertz CT molecular complexity index is 525. The van der Waals surface area contributed by atoms with E-state index in [1.54, 1.807) is 6.07 Å². The molecule has 0 bridgehead atoms. The minimum absolute atomic E-state index is 0.0967. The van der Waals surface area contributed by atoms with Crippen LogP contribution >= 0.6 is 15.9 Å². The van der Waals surface area contributed by atoms with Crippen LogP contribution in [0.2, 0.25) is 0 Å². The molecule has 1 fully saturated rings. The zero-order valence-electron chi connectivity index (χ0n) is 9.31. The van der Waals surface area contributed by atoms with Crippen molar-refractivity contribution < 1.29 is 19.5 Å². The number of carbonyl (C=O) groups is 3. The van der Waals surface area contributed by atoms with Crippen LogP contribution in [0.25, 0.3) is 0 Å². The highest BCUT2D eigenvalue weighted by Gasteiger charge is 2.32. The number of carbonyl (C=O) groups excluding carboxylic acids is 3. The lowest BCUT2D eigenvalue weighted by Crippen LogP contribution is -2.32. The highest BCUT2D eigenvalue weighted by atomic mass is 79.9. The first kappa shape index (κ1) is 12.8. The second-order valence-corrected chi connectivity index (χ2v) is 4.46. The van der Waals surface area contributed by atoms with Gasteiger partial charge in [-0.05, 0) is 11.6 Å². The van der Waals surface area contributed by atoms with Crippen molar-refractivity contribution >= 4 is 39.4 Å². The van der Waals surface area contributed by atoms with Gasteiger partial charge in [0.25, 0.3) is 0 Å². The molecule has 0 radical (unpaired) electrons. The highest BCUT2D eigenvalue weighted by Crippen LogP contribution is 2.28. The van der Waals surface area contributed by atoms with Gasteiger partial charge in [0.15, 0.2) is 0 Å². The number of anilines is 1. The van der Waals surface area contributed by atoms with Crippen molar-refractivity contribution in [2.75, 3.05) is 4.90 Å². The Balaban J connectivity index is 2.56. The predicted octanol–water partition coefficient (Wildman–Crippen LogP) is 0.598. The maximum absolute atomic E-state index is 11.6. The molecule has 6 heteroatoms. The van der Waals surface area contributed by atoms with E-state index in [0.29, 0.717) is 5.33 Å². The molecule has 0 N–H and O–H groups in total. The predicted molar refractivity (Wildman–Crippen MR) is 65.1 cm³/mol. The third kappa shape index (κ3) is 2.15. The normalized spacial score (nSPS) is 15.3. The van der Waals surface area contributed by atoms with Crippen LogP contribution in [0.5, 0.6) is 0 Å². The van der Waals surface area contributed by atoms with Gasteiger partial charge in [-0.1, -0.05) is 28.1 Å². The molecule has 2 rings (SSSR count). The maximum atomic E-state index is 11.6. The van der Waals surface area contributed by atoms with Gasteiger partial charge in [0.05, 0.1) is 11.7 Å². The quantitative estimate of drug-likeness (QED) is 0.605. The van der Waals surface area contributed by atoms with E-state index in [4.69, 9.17) is 0 Å². The number of carboxylic acid groups (broad SMARTS) is 1. The number of rotatable bonds is 3. The van der Waals surface area contributed by atoms with Gasteiger partial charge in [0, 0.05) is 23.7 Å². The zero-order chi connectivity index (χ0) is 13.3. The molecule has 0 aromatic heterocycles. The van der Waals surface area contributed by atoms with Crippen molar-refractivity contribution in [1.82, 2.24) is 0 Å². The molecule has 94 valence electrons. The van der Waals surface area contributed by atoms with Crippen LogP contribution in [-0.4, -0.2) is 17.8 Å². The van der Waals surface area contributed by atoms with Crippen LogP contribution in [0.4, 0.5) is 5.69 Å². The lowest BCUT2D eigenvalue weighted by Gasteiger charge is -2.19. The summed E-state index contributed by atoms with van der Waals surface area (Å²) in [5.41, 5.74) is 0.727. The van der Waals surface area contributed by atoms with Gasteiger partial charge in [0.2, 0.25) is 11.8 Å². The molecule has 0 aliphatic carbocycles. The molecular formula is C12H9BrNO4-. The van der Waals surface area contributed by atoms with Gasteiger partial charge in [-0.3, -0.25) is 9.59 Å². The number of hydrogen-bond acceptors (Lipinski definition) is 4. The highest BCUT2D eigenvalue weighted by molar-refractivity contribution is 9.08. The van der Waals surface area contributed by atoms with Crippen LogP contribution < -0.4 is 10.0 Å². The summed E-state index contributed by atoms with van der Waals surface area (Å²) in [6, 6.07) is 4.47. The second-order valence-electron chi connectivity index (χ2n) is 3.90. The first-order valence-corrected chi connectivity index (χ1v) is 6.42. The number of amides is 2. The third-order valence-corrected chi connectivity index (χ3v) is 3.38. The van der Waals surface area contributed by atoms with Crippen molar-refractivity contribution in [3.8, 4) is 0 Å². The Morgan fingerprint density at radius 3 is 2.39 bits per heavy atom. The van der Waals surface area contributed by atoms with Gasteiger partial charge in [-0.25, -0.2) is 4.90 Å². The molecule has 0 spiro atoms. The number of aromatic carboxylic acids is 1. The fourth-order valence-electron chi connectivity index (χ4n) is 1.86. The number of alkyl halides is 1. The van der Waals surface area contributed by atoms with E-state index in [1.165, 1.54) is 12.1 Å². The van der Waals surface area contributed by atoms with Crippen molar-refractivity contribution in [3.63, 3.8) is 0 Å². The molecule has 1 aromatic rings. The lowest BCUT2D eigenvalue weighted by atomic mass is 10.1. The van der Waals surface area contributed by atoms with E-state index in [9.17, 15) is 19.5 Å². The fourth-order valence-corrected chi connectivity index (χ4v) is 2.21. The first-order valence-electron chi connectivity index (χ1n) is 5.30. The average Bonchev–Trinajstić information content (AvgIpc) is 2.68. The molecule has 0 atom stereocenters. The Hall–Kier alpha value is -1.69. The zero-order valence-corrected chi connectivity index (χ0v) is 10.9. The largest absolute Gasteiger partial charge is 0.545 e. The summed E-state index contributed by atoms with van der Waals surface area (Å²) in [6.45, 7) is 0. The van der Waals surface area contributed by atoms with E-state index in [0.717, 1.165) is 10.5 Å². The average molecular weight is 311 g/mol. The molecule has 2 amide bonds. The Morgan fingerprint density at radius 2 is 1.89 bits per heavy atom. The molecule has 1 heterocycles. The topological polar surface area (TPSA) is 77.5 Å². The number of imide groups is 1. The SMILES string of the molecule is O=C([O-])c1ccc(CBr)cc1N1C(=O)CCC1=O. The molecule has 1 aliphatic heterocycles. The number of benzene rings is 1. The molecule has 0 unspecified atom stereocenters. The molecular weight excluding hydrogens is 302 g/mol. The van der Waals surface area contributed by atoms with E-state index < -0.39 is 5.97 Å². The smallest absolute Gasteiger partial charge is 0.234 e. The third-order valence-electron chi connectivity index (χ3n) is 2.73. The summed E-state index contributed by atoms with van der Waals surface area (Å²) in [6.07, 6.45) is 0.230. The number of halogens is 1. The maximum Gasteiger partial charge on any atom is 0.234 e. The van der Waals surface area contributed by atoms with Gasteiger partial charge in [-0.15, -0.1) is 0 Å². The summed E-state index contributed by atoms with van der Waals surface area (Å²) in [5.74, 6) is -2.16. The summed E-state index contributed by atoms with van der Waals surface area (Å²) in [4.78, 5) is 35.2. The lowest BCUT2D eigenvalue weighted by molar-refractivity contribution is -0.254. The van der Waals surface area contributed by atoms with E-state index >= 15 is 0 Å². The van der Waals surface area contributed by atoms with Crippen molar-refractivity contribution in [2.24, 2.45) is 0 Å². The van der Waals surface area contributed by atoms with Crippen molar-refractivity contribution in [2.45, 2.75) is 18.2 Å². The number of carboxylic acids is 1. The minimum Gasteiger partial charge on any atom is -0.545 e. The Morgan fingerprint density at radius 1 is 1.28 bits per heavy atom. The van der Waals surface area contributed by atoms with Crippen LogP contribution in [0.1, 0.15) is 28.8 Å². The molecule has 0 saturated carbocycles. The minimum atomic E-state index is -1.40. The Labute approximate surface area is 112 Å². The summed E-state index contributed by atoms with van der Waals surface area (Å²) >= 11 is 3.24. The van der Waals surface area contributed by atoms with Crippen molar-refractivity contribution in [3.05, 3.63) is 29.3 Å². The van der Waals surface area contributed by atoms with E-state index in [2.05, 4.69) is 15.9 Å². The van der Waals surface area contributed by atoms with E-state index in [-0.39, 0.29) is 35.9 Å². The van der Waals surface area contributed by atoms with Crippen LogP contribution in [-0.2, 0) is 14.9 Å². The summed E-state index contributed by atoms with van der Waals surface area (Å²) in [5, 5.41) is 11.5. The molecule has 1 saturated heterocycles. The summed E-state index contributed by atoms with van der Waals surface area (Å²) < 4.78 is 0. The molecule has 18 heavy (non-hydrogen) atoms. The molecule has 1 aromatic carbocycles. The Kier molecular flexibility index (Phi) is 3.47. The second kappa shape index (κ2) is 4.89. The van der Waals surface area contributed by atoms with Crippen LogP contribution in [0.15, 0.2) is 18.2 Å². The molecule has 1 aliphatic rings. The van der Waals surface area contributed by atoms with Crippen molar-refractivity contribution in [1.29, 1.82) is 0 Å². The number of nitrogens with zero attached hydrogens (tertiary/aromatic N) is 1. The standard InChI is InChI=1S/C12H10BrNO4/c13-6-7-1-2-8(12(17)18)9(5-7)14-10(15)3-4-11(14)16/h1-2,5H,3-4,6H2,(H,17,18)/p-1. The first-order chi connectivity index (χ1) is 8.54. The monoisotopic (exact) mass is 310 g/mol. The van der Waals surface area contributed by atoms with Gasteiger partial charge in [-0.2, -0.15) is 0 Å². The molecule has 5 nitrogen and oxygen atoms in total. The van der Waals surface area contributed by atoms with Crippen LogP contribution in [0.3, 0.4) is 0 Å². The fraction of sp³-hybridized carbons (Fsp3) is 0.250. The number of hydrogen-bond donors (Lipinski definition) is 0. The summed E-state index contributed by atoms with van der Waals surface area (Å²) in [7, 11) is 0. The van der Waals surface area contributed by atoms with Gasteiger partial charge < -0.3 is 9.90 Å². The van der Waals surface area contributed by atoms with E-state index in [1.807, 2.05) is 0 Å². The van der Waals surface area contributed by atoms with Gasteiger partial charge in [0.1, 0.15) is 0 Å². The van der Waals surface area contributed by atoms with Crippen LogP contribution in [0, 0.1) is 0 Å².